The summed E-state index contributed by atoms with van der Waals surface area (Å²) in [6.45, 7) is 0.465. The van der Waals surface area contributed by atoms with Gasteiger partial charge in [0.1, 0.15) is 5.82 Å². The Morgan fingerprint density at radius 1 is 0.893 bits per heavy atom. The molecule has 1 aliphatic rings. The van der Waals surface area contributed by atoms with Gasteiger partial charge in [-0.15, -0.1) is 0 Å². The monoisotopic (exact) mass is 388 g/mol. The van der Waals surface area contributed by atoms with E-state index in [1.165, 1.54) is 23.9 Å². The number of hydrogen-bond donors (Lipinski definition) is 0. The molecule has 1 amide bonds. The maximum absolute atomic E-state index is 13.4. The fourth-order valence-corrected chi connectivity index (χ4v) is 3.82. The van der Waals surface area contributed by atoms with Crippen molar-refractivity contribution in [1.82, 2.24) is 0 Å². The molecule has 0 aliphatic carbocycles. The lowest BCUT2D eigenvalue weighted by Gasteiger charge is -2.15. The molecule has 1 aliphatic heterocycles. The first-order valence-corrected chi connectivity index (χ1v) is 9.65. The van der Waals surface area contributed by atoms with E-state index in [-0.39, 0.29) is 11.7 Å². The van der Waals surface area contributed by atoms with Crippen LogP contribution in [-0.2, 0) is 11.3 Å². The van der Waals surface area contributed by atoms with Gasteiger partial charge < -0.3 is 0 Å². The van der Waals surface area contributed by atoms with E-state index < -0.39 is 0 Å². The number of anilines is 1. The molecule has 3 aromatic rings. The van der Waals surface area contributed by atoms with Gasteiger partial charge in [-0.2, -0.15) is 0 Å². The van der Waals surface area contributed by atoms with Crippen LogP contribution < -0.4 is 4.90 Å². The van der Waals surface area contributed by atoms with Crippen molar-refractivity contribution in [2.24, 2.45) is 4.99 Å². The van der Waals surface area contributed by atoms with Crippen molar-refractivity contribution < 1.29 is 9.18 Å². The van der Waals surface area contributed by atoms with E-state index in [9.17, 15) is 9.18 Å². The summed E-state index contributed by atoms with van der Waals surface area (Å²) in [7, 11) is 0. The zero-order valence-electron chi connectivity index (χ0n) is 15.0. The van der Waals surface area contributed by atoms with Gasteiger partial charge in [0.2, 0.25) is 0 Å². The minimum absolute atomic E-state index is 0.160. The fraction of sp³-hybridized carbons (Fsp3) is 0.0435. The van der Waals surface area contributed by atoms with Crippen LogP contribution in [0.1, 0.15) is 11.1 Å². The average molecular weight is 388 g/mol. The predicted molar refractivity (Wildman–Crippen MR) is 113 cm³/mol. The van der Waals surface area contributed by atoms with E-state index in [2.05, 4.69) is 4.99 Å². The lowest BCUT2D eigenvalue weighted by molar-refractivity contribution is -0.113. The summed E-state index contributed by atoms with van der Waals surface area (Å²) in [5, 5.41) is 0.586. The molecule has 3 aromatic carbocycles. The molecule has 0 radical (unpaired) electrons. The largest absolute Gasteiger partial charge is 0.271 e. The number of halogens is 1. The van der Waals surface area contributed by atoms with E-state index in [0.29, 0.717) is 22.3 Å². The molecule has 0 aromatic heterocycles. The molecule has 0 unspecified atom stereocenters. The van der Waals surface area contributed by atoms with Crippen molar-refractivity contribution in [3.05, 3.63) is 107 Å². The molecule has 0 atom stereocenters. The summed E-state index contributed by atoms with van der Waals surface area (Å²) in [5.74, 6) is -0.502. The standard InChI is InChI=1S/C23H17FN2OS/c24-19-11-13-20(14-12-19)26-22(27)21(15-17-7-3-1-4-8-17)28-23(26)25-16-18-9-5-2-6-10-18/h1-15H,16H2/b21-15-,25-23-. The van der Waals surface area contributed by atoms with Crippen molar-refractivity contribution in [2.45, 2.75) is 6.54 Å². The molecule has 1 fully saturated rings. The molecule has 3 nitrogen and oxygen atoms in total. The zero-order chi connectivity index (χ0) is 19.3. The van der Waals surface area contributed by atoms with Gasteiger partial charge in [-0.3, -0.25) is 14.7 Å². The Balaban J connectivity index is 1.69. The number of carbonyl (C=O) groups is 1. The van der Waals surface area contributed by atoms with Crippen molar-refractivity contribution in [2.75, 3.05) is 4.90 Å². The lowest BCUT2D eigenvalue weighted by atomic mass is 10.2. The minimum Gasteiger partial charge on any atom is -0.268 e. The molecule has 0 spiro atoms. The summed E-state index contributed by atoms with van der Waals surface area (Å²) >= 11 is 1.33. The third kappa shape index (κ3) is 4.05. The summed E-state index contributed by atoms with van der Waals surface area (Å²) < 4.78 is 13.4. The van der Waals surface area contributed by atoms with Gasteiger partial charge in [-0.25, -0.2) is 4.39 Å². The van der Waals surface area contributed by atoms with Crippen molar-refractivity contribution >= 4 is 34.6 Å². The van der Waals surface area contributed by atoms with Crippen LogP contribution in [0, 0.1) is 5.82 Å². The predicted octanol–water partition coefficient (Wildman–Crippen LogP) is 5.50. The highest BCUT2D eigenvalue weighted by atomic mass is 32.2. The topological polar surface area (TPSA) is 32.7 Å². The first kappa shape index (κ1) is 18.2. The average Bonchev–Trinajstić information content (AvgIpc) is 3.04. The Morgan fingerprint density at radius 3 is 2.21 bits per heavy atom. The second-order valence-electron chi connectivity index (χ2n) is 6.22. The molecule has 28 heavy (non-hydrogen) atoms. The summed E-state index contributed by atoms with van der Waals surface area (Å²) in [4.78, 5) is 19.9. The van der Waals surface area contributed by atoms with E-state index in [0.717, 1.165) is 11.1 Å². The van der Waals surface area contributed by atoms with Crippen LogP contribution in [0.2, 0.25) is 0 Å². The first-order valence-electron chi connectivity index (χ1n) is 8.84. The van der Waals surface area contributed by atoms with Crippen LogP contribution in [0.4, 0.5) is 10.1 Å². The number of nitrogens with zero attached hydrogens (tertiary/aromatic N) is 2. The molecule has 0 saturated carbocycles. The third-order valence-electron chi connectivity index (χ3n) is 4.23. The number of thioether (sulfide) groups is 1. The Hall–Kier alpha value is -3.18. The Kier molecular flexibility index (Phi) is 5.35. The minimum atomic E-state index is -0.342. The number of rotatable bonds is 4. The second-order valence-corrected chi connectivity index (χ2v) is 7.23. The van der Waals surface area contributed by atoms with Crippen molar-refractivity contribution in [3.8, 4) is 0 Å². The number of benzene rings is 3. The quantitative estimate of drug-likeness (QED) is 0.553. The number of aliphatic imine (C=N–C) groups is 1. The van der Waals surface area contributed by atoms with Crippen LogP contribution in [-0.4, -0.2) is 11.1 Å². The molecular formula is C23H17FN2OS. The van der Waals surface area contributed by atoms with Crippen LogP contribution in [0.15, 0.2) is 94.8 Å². The third-order valence-corrected chi connectivity index (χ3v) is 5.23. The molecule has 1 saturated heterocycles. The first-order chi connectivity index (χ1) is 13.7. The van der Waals surface area contributed by atoms with Crippen LogP contribution in [0.25, 0.3) is 6.08 Å². The number of amidine groups is 1. The molecule has 4 rings (SSSR count). The summed E-state index contributed by atoms with van der Waals surface area (Å²) in [6, 6.07) is 25.4. The van der Waals surface area contributed by atoms with Gasteiger partial charge in [-0.05, 0) is 53.2 Å². The van der Waals surface area contributed by atoms with E-state index in [1.807, 2.05) is 66.7 Å². The van der Waals surface area contributed by atoms with Gasteiger partial charge in [0.25, 0.3) is 5.91 Å². The lowest BCUT2D eigenvalue weighted by Crippen LogP contribution is -2.28. The van der Waals surface area contributed by atoms with Gasteiger partial charge in [0.15, 0.2) is 5.17 Å². The molecule has 5 heteroatoms. The van der Waals surface area contributed by atoms with Gasteiger partial charge >= 0.3 is 0 Å². The van der Waals surface area contributed by atoms with E-state index >= 15 is 0 Å². The highest BCUT2D eigenvalue weighted by Crippen LogP contribution is 2.36. The van der Waals surface area contributed by atoms with Gasteiger partial charge in [-0.1, -0.05) is 60.7 Å². The van der Waals surface area contributed by atoms with Gasteiger partial charge in [0, 0.05) is 0 Å². The van der Waals surface area contributed by atoms with Crippen LogP contribution in [0.5, 0.6) is 0 Å². The maximum atomic E-state index is 13.4. The molecule has 0 N–H and O–H groups in total. The fourth-order valence-electron chi connectivity index (χ4n) is 2.84. The van der Waals surface area contributed by atoms with Gasteiger partial charge in [0.05, 0.1) is 17.1 Å². The second kappa shape index (κ2) is 8.23. The molecular weight excluding hydrogens is 371 g/mol. The Morgan fingerprint density at radius 2 is 1.54 bits per heavy atom. The normalized spacial score (nSPS) is 16.9. The number of amides is 1. The van der Waals surface area contributed by atoms with Crippen molar-refractivity contribution in [3.63, 3.8) is 0 Å². The number of hydrogen-bond acceptors (Lipinski definition) is 3. The zero-order valence-corrected chi connectivity index (χ0v) is 15.8. The van der Waals surface area contributed by atoms with Crippen LogP contribution in [0.3, 0.4) is 0 Å². The molecule has 138 valence electrons. The highest BCUT2D eigenvalue weighted by molar-refractivity contribution is 8.19. The molecule has 1 heterocycles. The van der Waals surface area contributed by atoms with E-state index in [1.54, 1.807) is 17.0 Å². The number of carbonyl (C=O) groups excluding carboxylic acids is 1. The maximum Gasteiger partial charge on any atom is 0.271 e. The Labute approximate surface area is 167 Å². The molecule has 0 bridgehead atoms. The SMILES string of the molecule is O=C1/C(=C/c2ccccc2)S/C(=N\Cc2ccccc2)N1c1ccc(F)cc1. The van der Waals surface area contributed by atoms with E-state index in [4.69, 9.17) is 0 Å². The summed E-state index contributed by atoms with van der Waals surface area (Å²) in [5.41, 5.74) is 2.60. The smallest absolute Gasteiger partial charge is 0.268 e. The Bertz CT molecular complexity index is 1030. The highest BCUT2D eigenvalue weighted by Gasteiger charge is 2.34. The van der Waals surface area contributed by atoms with Crippen LogP contribution >= 0.6 is 11.8 Å². The summed E-state index contributed by atoms with van der Waals surface area (Å²) in [6.07, 6.45) is 1.86. The van der Waals surface area contributed by atoms with Crippen molar-refractivity contribution in [1.29, 1.82) is 0 Å².